The van der Waals surface area contributed by atoms with Gasteiger partial charge in [-0.05, 0) is 55.7 Å². The number of aryl methyl sites for hydroxylation is 3. The smallest absolute Gasteiger partial charge is 0.263 e. The molecule has 2 aromatic rings. The fourth-order valence-electron chi connectivity index (χ4n) is 2.20. The lowest BCUT2D eigenvalue weighted by molar-refractivity contribution is 0.597. The molecule has 21 heavy (non-hydrogen) atoms. The molecule has 0 radical (unpaired) electrons. The first-order valence-electron chi connectivity index (χ1n) is 6.22. The number of nitrogens with one attached hydrogen (secondary N) is 1. The summed E-state index contributed by atoms with van der Waals surface area (Å²) in [5.41, 5.74) is 7.32. The number of nitrogen functional groups attached to an aromatic ring is 1. The molecule has 0 amide bonds. The molecule has 0 spiro atoms. The van der Waals surface area contributed by atoms with Crippen molar-refractivity contribution in [3.05, 3.63) is 46.9 Å². The number of rotatable bonds is 3. The second-order valence-electron chi connectivity index (χ2n) is 4.91. The van der Waals surface area contributed by atoms with Crippen molar-refractivity contribution in [3.63, 3.8) is 0 Å². The van der Waals surface area contributed by atoms with Crippen molar-refractivity contribution in [2.45, 2.75) is 25.7 Å². The largest absolute Gasteiger partial charge is 0.397 e. The molecule has 0 aliphatic heterocycles. The lowest BCUT2D eigenvalue weighted by Gasteiger charge is -2.14. The Kier molecular flexibility index (Phi) is 3.87. The normalized spacial score (nSPS) is 11.4. The number of sulfonamides is 1. The van der Waals surface area contributed by atoms with Gasteiger partial charge in [0.25, 0.3) is 10.0 Å². The summed E-state index contributed by atoms with van der Waals surface area (Å²) in [4.78, 5) is 4.03. The van der Waals surface area contributed by atoms with Gasteiger partial charge in [0.1, 0.15) is 11.6 Å². The maximum Gasteiger partial charge on any atom is 0.263 e. The van der Waals surface area contributed by atoms with Gasteiger partial charge in [0.15, 0.2) is 0 Å². The van der Waals surface area contributed by atoms with E-state index in [1.54, 1.807) is 26.8 Å². The Hall–Kier alpha value is -2.15. The Balaban J connectivity index is 2.48. The monoisotopic (exact) mass is 309 g/mol. The highest BCUT2D eigenvalue weighted by atomic mass is 32.2. The number of halogens is 1. The van der Waals surface area contributed by atoms with Crippen LogP contribution in [0.15, 0.2) is 29.3 Å². The third kappa shape index (κ3) is 3.13. The van der Waals surface area contributed by atoms with E-state index in [0.29, 0.717) is 22.4 Å². The zero-order valence-electron chi connectivity index (χ0n) is 11.9. The summed E-state index contributed by atoms with van der Waals surface area (Å²) in [6.45, 7) is 4.80. The minimum Gasteiger partial charge on any atom is -0.397 e. The van der Waals surface area contributed by atoms with Crippen molar-refractivity contribution < 1.29 is 12.8 Å². The standard InChI is InChI=1S/C14H16FN3O2S/c1-8-4-11(15)5-9(2)13(8)21(19,20)18-14-10(3)6-12(16)7-17-14/h4-7H,16H2,1-3H3,(H,17,18). The van der Waals surface area contributed by atoms with Crippen molar-refractivity contribution in [2.24, 2.45) is 0 Å². The van der Waals surface area contributed by atoms with E-state index >= 15 is 0 Å². The lowest BCUT2D eigenvalue weighted by Crippen LogP contribution is -2.17. The van der Waals surface area contributed by atoms with Crippen molar-refractivity contribution >= 4 is 21.5 Å². The summed E-state index contributed by atoms with van der Waals surface area (Å²) < 4.78 is 40.7. The number of hydrogen-bond acceptors (Lipinski definition) is 4. The maximum atomic E-state index is 13.3. The van der Waals surface area contributed by atoms with Crippen LogP contribution in [-0.4, -0.2) is 13.4 Å². The predicted molar refractivity (Wildman–Crippen MR) is 80.1 cm³/mol. The lowest BCUT2D eigenvalue weighted by atomic mass is 10.1. The number of anilines is 2. The summed E-state index contributed by atoms with van der Waals surface area (Å²) in [6.07, 6.45) is 1.37. The molecule has 0 atom stereocenters. The summed E-state index contributed by atoms with van der Waals surface area (Å²) in [6, 6.07) is 3.99. The van der Waals surface area contributed by atoms with Crippen LogP contribution in [0, 0.1) is 26.6 Å². The summed E-state index contributed by atoms with van der Waals surface area (Å²) in [7, 11) is -3.85. The molecule has 7 heteroatoms. The zero-order chi connectivity index (χ0) is 15.8. The Morgan fingerprint density at radius 2 is 1.67 bits per heavy atom. The molecule has 1 aromatic heterocycles. The van der Waals surface area contributed by atoms with Crippen molar-refractivity contribution in [1.29, 1.82) is 0 Å². The van der Waals surface area contributed by atoms with Crippen LogP contribution in [0.2, 0.25) is 0 Å². The van der Waals surface area contributed by atoms with E-state index in [2.05, 4.69) is 9.71 Å². The van der Waals surface area contributed by atoms with E-state index in [0.717, 1.165) is 0 Å². The Morgan fingerprint density at radius 1 is 1.10 bits per heavy atom. The molecular formula is C14H16FN3O2S. The fraction of sp³-hybridized carbons (Fsp3) is 0.214. The van der Waals surface area contributed by atoms with E-state index in [1.807, 2.05) is 0 Å². The highest BCUT2D eigenvalue weighted by Gasteiger charge is 2.21. The topological polar surface area (TPSA) is 85.1 Å². The van der Waals surface area contributed by atoms with Gasteiger partial charge < -0.3 is 5.73 Å². The van der Waals surface area contributed by atoms with Gasteiger partial charge in [0.2, 0.25) is 0 Å². The summed E-state index contributed by atoms with van der Waals surface area (Å²) in [5.74, 6) is -0.266. The number of nitrogens with two attached hydrogens (primary N) is 1. The van der Waals surface area contributed by atoms with E-state index < -0.39 is 15.8 Å². The van der Waals surface area contributed by atoms with Gasteiger partial charge in [-0.25, -0.2) is 17.8 Å². The fourth-order valence-corrected chi connectivity index (χ4v) is 3.74. The number of aromatic nitrogens is 1. The molecule has 0 aliphatic rings. The van der Waals surface area contributed by atoms with Gasteiger partial charge in [-0.1, -0.05) is 0 Å². The Labute approximate surface area is 123 Å². The second kappa shape index (κ2) is 5.33. The first-order valence-corrected chi connectivity index (χ1v) is 7.70. The first-order chi connectivity index (χ1) is 9.70. The van der Waals surface area contributed by atoms with Gasteiger partial charge in [0, 0.05) is 0 Å². The molecule has 5 nitrogen and oxygen atoms in total. The number of hydrogen-bond donors (Lipinski definition) is 2. The maximum absolute atomic E-state index is 13.3. The molecule has 1 heterocycles. The average Bonchev–Trinajstić information content (AvgIpc) is 2.30. The highest BCUT2D eigenvalue weighted by Crippen LogP contribution is 2.25. The van der Waals surface area contributed by atoms with Crippen LogP contribution < -0.4 is 10.5 Å². The van der Waals surface area contributed by atoms with Crippen LogP contribution in [0.5, 0.6) is 0 Å². The Morgan fingerprint density at radius 3 is 2.19 bits per heavy atom. The highest BCUT2D eigenvalue weighted by molar-refractivity contribution is 7.92. The van der Waals surface area contributed by atoms with Gasteiger partial charge in [-0.2, -0.15) is 0 Å². The van der Waals surface area contributed by atoms with E-state index in [4.69, 9.17) is 5.73 Å². The molecule has 0 aliphatic carbocycles. The van der Waals surface area contributed by atoms with Gasteiger partial charge in [0.05, 0.1) is 16.8 Å². The number of nitrogens with zero attached hydrogens (tertiary/aromatic N) is 1. The minimum atomic E-state index is -3.85. The van der Waals surface area contributed by atoms with E-state index in [9.17, 15) is 12.8 Å². The number of benzene rings is 1. The second-order valence-corrected chi connectivity index (χ2v) is 6.53. The number of pyridine rings is 1. The van der Waals surface area contributed by atoms with Crippen LogP contribution in [-0.2, 0) is 10.0 Å². The zero-order valence-corrected chi connectivity index (χ0v) is 12.8. The quantitative estimate of drug-likeness (QED) is 0.912. The van der Waals surface area contributed by atoms with Gasteiger partial charge in [-0.15, -0.1) is 0 Å². The minimum absolute atomic E-state index is 0.0573. The first kappa shape index (κ1) is 15.2. The molecule has 0 saturated carbocycles. The third-order valence-corrected chi connectivity index (χ3v) is 4.67. The molecule has 3 N–H and O–H groups in total. The molecule has 0 saturated heterocycles. The molecule has 112 valence electrons. The summed E-state index contributed by atoms with van der Waals surface area (Å²) >= 11 is 0. The SMILES string of the molecule is Cc1cc(N)cnc1NS(=O)(=O)c1c(C)cc(F)cc1C. The van der Waals surface area contributed by atoms with Gasteiger partial charge >= 0.3 is 0 Å². The van der Waals surface area contributed by atoms with Crippen LogP contribution >= 0.6 is 0 Å². The predicted octanol–water partition coefficient (Wildman–Crippen LogP) is 2.53. The van der Waals surface area contributed by atoms with Crippen LogP contribution in [0.4, 0.5) is 15.9 Å². The van der Waals surface area contributed by atoms with Crippen molar-refractivity contribution in [2.75, 3.05) is 10.5 Å². The van der Waals surface area contributed by atoms with Gasteiger partial charge in [-0.3, -0.25) is 4.72 Å². The van der Waals surface area contributed by atoms with Crippen LogP contribution in [0.3, 0.4) is 0 Å². The Bertz CT molecular complexity index is 781. The van der Waals surface area contributed by atoms with Crippen molar-refractivity contribution in [3.8, 4) is 0 Å². The molecular weight excluding hydrogens is 293 g/mol. The molecule has 0 fully saturated rings. The molecule has 0 bridgehead atoms. The molecule has 0 unspecified atom stereocenters. The van der Waals surface area contributed by atoms with E-state index in [1.165, 1.54) is 18.3 Å². The molecule has 2 rings (SSSR count). The van der Waals surface area contributed by atoms with E-state index in [-0.39, 0.29) is 10.7 Å². The van der Waals surface area contributed by atoms with Crippen LogP contribution in [0.25, 0.3) is 0 Å². The van der Waals surface area contributed by atoms with Crippen molar-refractivity contribution in [1.82, 2.24) is 4.98 Å². The molecule has 1 aromatic carbocycles. The third-order valence-electron chi connectivity index (χ3n) is 3.02. The average molecular weight is 309 g/mol. The van der Waals surface area contributed by atoms with Crippen LogP contribution in [0.1, 0.15) is 16.7 Å². The summed E-state index contributed by atoms with van der Waals surface area (Å²) in [5, 5.41) is 0.